The van der Waals surface area contributed by atoms with Crippen LogP contribution in [0.3, 0.4) is 0 Å². The smallest absolute Gasteiger partial charge is 0.181 e. The van der Waals surface area contributed by atoms with Gasteiger partial charge in [0, 0.05) is 17.6 Å². The van der Waals surface area contributed by atoms with Crippen LogP contribution >= 0.6 is 11.6 Å². The van der Waals surface area contributed by atoms with Crippen molar-refractivity contribution >= 4 is 11.6 Å². The molecule has 2 rings (SSSR count). The summed E-state index contributed by atoms with van der Waals surface area (Å²) < 4.78 is 19.1. The maximum absolute atomic E-state index is 13.8. The highest BCUT2D eigenvalue weighted by Gasteiger charge is 2.15. The van der Waals surface area contributed by atoms with Crippen molar-refractivity contribution in [2.75, 3.05) is 0 Å². The Bertz CT molecular complexity index is 540. The number of benzene rings is 1. The molecule has 18 heavy (non-hydrogen) atoms. The third-order valence-corrected chi connectivity index (χ3v) is 2.73. The molecule has 0 spiro atoms. The lowest BCUT2D eigenvalue weighted by atomic mass is 10.1. The van der Waals surface area contributed by atoms with Gasteiger partial charge in [0.05, 0.1) is 5.56 Å². The van der Waals surface area contributed by atoms with E-state index in [0.29, 0.717) is 34.6 Å². The highest BCUT2D eigenvalue weighted by atomic mass is 35.5. The van der Waals surface area contributed by atoms with E-state index in [0.717, 1.165) is 0 Å². The van der Waals surface area contributed by atoms with Crippen LogP contribution < -0.4 is 5.32 Å². The van der Waals surface area contributed by atoms with Gasteiger partial charge in [-0.2, -0.15) is 0 Å². The lowest BCUT2D eigenvalue weighted by Gasteiger charge is -2.07. The number of halogens is 2. The van der Waals surface area contributed by atoms with Gasteiger partial charge in [0.15, 0.2) is 12.2 Å². The SMILES string of the molecule is CC(C)NCc1ncoc1-c1ccc(Cl)cc1F. The normalized spacial score (nSPS) is 11.2. The molecule has 0 aliphatic heterocycles. The van der Waals surface area contributed by atoms with E-state index in [1.807, 2.05) is 13.8 Å². The molecule has 0 radical (unpaired) electrons. The first-order valence-corrected chi connectivity index (χ1v) is 6.07. The molecule has 2 aromatic rings. The van der Waals surface area contributed by atoms with E-state index >= 15 is 0 Å². The van der Waals surface area contributed by atoms with Crippen molar-refractivity contribution in [1.82, 2.24) is 10.3 Å². The average Bonchev–Trinajstić information content (AvgIpc) is 2.74. The zero-order chi connectivity index (χ0) is 13.1. The van der Waals surface area contributed by atoms with Crippen molar-refractivity contribution in [2.45, 2.75) is 26.4 Å². The van der Waals surface area contributed by atoms with Gasteiger partial charge in [-0.3, -0.25) is 0 Å². The Morgan fingerprint density at radius 3 is 2.89 bits per heavy atom. The average molecular weight is 269 g/mol. The molecule has 0 amide bonds. The summed E-state index contributed by atoms with van der Waals surface area (Å²) in [7, 11) is 0. The van der Waals surface area contributed by atoms with Crippen LogP contribution in [0, 0.1) is 5.82 Å². The summed E-state index contributed by atoms with van der Waals surface area (Å²) in [4.78, 5) is 4.10. The van der Waals surface area contributed by atoms with Crippen LogP contribution in [0.4, 0.5) is 4.39 Å². The van der Waals surface area contributed by atoms with Crippen molar-refractivity contribution < 1.29 is 8.81 Å². The number of oxazole rings is 1. The van der Waals surface area contributed by atoms with Gasteiger partial charge in [0.1, 0.15) is 11.5 Å². The molecule has 1 N–H and O–H groups in total. The molecule has 0 saturated heterocycles. The maximum atomic E-state index is 13.8. The molecule has 1 heterocycles. The highest BCUT2D eigenvalue weighted by Crippen LogP contribution is 2.27. The summed E-state index contributed by atoms with van der Waals surface area (Å²) in [5, 5.41) is 3.58. The predicted octanol–water partition coefficient (Wildman–Crippen LogP) is 3.63. The van der Waals surface area contributed by atoms with Crippen molar-refractivity contribution in [3.8, 4) is 11.3 Å². The number of nitrogens with zero attached hydrogens (tertiary/aromatic N) is 1. The van der Waals surface area contributed by atoms with E-state index in [9.17, 15) is 4.39 Å². The largest absolute Gasteiger partial charge is 0.443 e. The molecule has 1 aromatic carbocycles. The molecule has 5 heteroatoms. The second-order valence-corrected chi connectivity index (χ2v) is 4.72. The number of aromatic nitrogens is 1. The second kappa shape index (κ2) is 5.50. The van der Waals surface area contributed by atoms with Crippen LogP contribution in [0.25, 0.3) is 11.3 Å². The van der Waals surface area contributed by atoms with Gasteiger partial charge in [-0.25, -0.2) is 9.37 Å². The monoisotopic (exact) mass is 268 g/mol. The lowest BCUT2D eigenvalue weighted by molar-refractivity contribution is 0.554. The number of nitrogens with one attached hydrogen (secondary N) is 1. The van der Waals surface area contributed by atoms with Crippen LogP contribution in [0.2, 0.25) is 5.02 Å². The standard InChI is InChI=1S/C13H14ClFN2O/c1-8(2)16-6-12-13(18-7-17-12)10-4-3-9(14)5-11(10)15/h3-5,7-8,16H,6H2,1-2H3. The Morgan fingerprint density at radius 1 is 1.44 bits per heavy atom. The predicted molar refractivity (Wildman–Crippen MR) is 68.9 cm³/mol. The molecule has 3 nitrogen and oxygen atoms in total. The van der Waals surface area contributed by atoms with Gasteiger partial charge in [-0.1, -0.05) is 25.4 Å². The van der Waals surface area contributed by atoms with Crippen LogP contribution in [0.5, 0.6) is 0 Å². The van der Waals surface area contributed by atoms with Crippen molar-refractivity contribution in [3.05, 3.63) is 41.1 Å². The van der Waals surface area contributed by atoms with Crippen molar-refractivity contribution in [2.24, 2.45) is 0 Å². The lowest BCUT2D eigenvalue weighted by Crippen LogP contribution is -2.22. The number of hydrogen-bond acceptors (Lipinski definition) is 3. The third-order valence-electron chi connectivity index (χ3n) is 2.49. The molecule has 1 aromatic heterocycles. The molecule has 96 valence electrons. The molecule has 0 bridgehead atoms. The van der Waals surface area contributed by atoms with E-state index in [2.05, 4.69) is 10.3 Å². The van der Waals surface area contributed by atoms with Crippen molar-refractivity contribution in [3.63, 3.8) is 0 Å². The van der Waals surface area contributed by atoms with Crippen molar-refractivity contribution in [1.29, 1.82) is 0 Å². The molecule has 0 aliphatic rings. The van der Waals surface area contributed by atoms with E-state index in [1.54, 1.807) is 12.1 Å². The van der Waals surface area contributed by atoms with Crippen LogP contribution in [0.1, 0.15) is 19.5 Å². The fraction of sp³-hybridized carbons (Fsp3) is 0.308. The summed E-state index contributed by atoms with van der Waals surface area (Å²) in [6.07, 6.45) is 1.32. The van der Waals surface area contributed by atoms with E-state index in [1.165, 1.54) is 12.5 Å². The molecule has 0 fully saturated rings. The van der Waals surface area contributed by atoms with Gasteiger partial charge in [-0.05, 0) is 18.2 Å². The van der Waals surface area contributed by atoms with E-state index in [-0.39, 0.29) is 0 Å². The maximum Gasteiger partial charge on any atom is 0.181 e. The van der Waals surface area contributed by atoms with Gasteiger partial charge < -0.3 is 9.73 Å². The molecule has 0 atom stereocenters. The van der Waals surface area contributed by atoms with Gasteiger partial charge in [0.25, 0.3) is 0 Å². The fourth-order valence-corrected chi connectivity index (χ4v) is 1.75. The fourth-order valence-electron chi connectivity index (χ4n) is 1.59. The first-order chi connectivity index (χ1) is 8.58. The van der Waals surface area contributed by atoms with Crippen LogP contribution in [-0.2, 0) is 6.54 Å². The Morgan fingerprint density at radius 2 is 2.22 bits per heavy atom. The molecular formula is C13H14ClFN2O. The Kier molecular flexibility index (Phi) is 3.99. The zero-order valence-corrected chi connectivity index (χ0v) is 11.0. The molecule has 0 unspecified atom stereocenters. The van der Waals surface area contributed by atoms with Crippen LogP contribution in [-0.4, -0.2) is 11.0 Å². The quantitative estimate of drug-likeness (QED) is 0.920. The number of rotatable bonds is 4. The topological polar surface area (TPSA) is 38.1 Å². The van der Waals surface area contributed by atoms with E-state index in [4.69, 9.17) is 16.0 Å². The molecule has 0 aliphatic carbocycles. The number of hydrogen-bond donors (Lipinski definition) is 1. The minimum Gasteiger partial charge on any atom is -0.443 e. The summed E-state index contributed by atoms with van der Waals surface area (Å²) in [5.74, 6) is 0.0300. The molecule has 0 saturated carbocycles. The second-order valence-electron chi connectivity index (χ2n) is 4.29. The first kappa shape index (κ1) is 13.1. The van der Waals surface area contributed by atoms with Gasteiger partial charge >= 0.3 is 0 Å². The Balaban J connectivity index is 2.30. The third kappa shape index (κ3) is 2.89. The Labute approximate surface area is 110 Å². The van der Waals surface area contributed by atoms with Gasteiger partial charge in [-0.15, -0.1) is 0 Å². The zero-order valence-electron chi connectivity index (χ0n) is 10.2. The Hall–Kier alpha value is -1.39. The first-order valence-electron chi connectivity index (χ1n) is 5.69. The summed E-state index contributed by atoms with van der Waals surface area (Å²) >= 11 is 5.72. The highest BCUT2D eigenvalue weighted by molar-refractivity contribution is 6.30. The minimum atomic E-state index is -0.412. The van der Waals surface area contributed by atoms with Crippen LogP contribution in [0.15, 0.2) is 29.0 Å². The summed E-state index contributed by atoms with van der Waals surface area (Å²) in [5.41, 5.74) is 1.06. The molecular weight excluding hydrogens is 255 g/mol. The minimum absolute atomic E-state index is 0.324. The van der Waals surface area contributed by atoms with E-state index < -0.39 is 5.82 Å². The summed E-state index contributed by atoms with van der Waals surface area (Å²) in [6, 6.07) is 4.81. The van der Waals surface area contributed by atoms with Gasteiger partial charge in [0.2, 0.25) is 0 Å². The summed E-state index contributed by atoms with van der Waals surface area (Å²) in [6.45, 7) is 4.59.